The topological polar surface area (TPSA) is 78.9 Å². The average Bonchev–Trinajstić information content (AvgIpc) is 3.30. The lowest BCUT2D eigenvalue weighted by Crippen LogP contribution is -2.30. The Balaban J connectivity index is 4.02. The van der Waals surface area contributed by atoms with Gasteiger partial charge in [0.05, 0.1) is 0 Å². The fourth-order valence-electron chi connectivity index (χ4n) is 8.16. The van der Waals surface area contributed by atoms with Crippen LogP contribution in [0.15, 0.2) is 48.6 Å². The van der Waals surface area contributed by atoms with Gasteiger partial charge in [-0.15, -0.1) is 0 Å². The van der Waals surface area contributed by atoms with Crippen LogP contribution in [0.5, 0.6) is 0 Å². The number of hydrogen-bond acceptors (Lipinski definition) is 6. The zero-order valence-electron chi connectivity index (χ0n) is 43.3. The molecule has 0 saturated heterocycles. The molecule has 0 rings (SSSR count). The minimum Gasteiger partial charge on any atom is -0.462 e. The van der Waals surface area contributed by atoms with Gasteiger partial charge in [0.1, 0.15) is 13.2 Å². The van der Waals surface area contributed by atoms with E-state index in [0.29, 0.717) is 19.3 Å². The highest BCUT2D eigenvalue weighted by Gasteiger charge is 2.19. The van der Waals surface area contributed by atoms with Gasteiger partial charge in [-0.3, -0.25) is 14.4 Å². The van der Waals surface area contributed by atoms with Crippen LogP contribution in [0, 0.1) is 0 Å². The van der Waals surface area contributed by atoms with Crippen molar-refractivity contribution in [2.24, 2.45) is 0 Å². The van der Waals surface area contributed by atoms with E-state index in [4.69, 9.17) is 14.2 Å². The maximum Gasteiger partial charge on any atom is 0.306 e. The van der Waals surface area contributed by atoms with Crippen LogP contribution in [0.2, 0.25) is 0 Å². The Labute approximate surface area is 403 Å². The molecule has 378 valence electrons. The van der Waals surface area contributed by atoms with Gasteiger partial charge in [0, 0.05) is 19.3 Å². The normalized spacial score (nSPS) is 12.4. The molecule has 0 aliphatic rings. The van der Waals surface area contributed by atoms with Gasteiger partial charge in [0.15, 0.2) is 6.10 Å². The van der Waals surface area contributed by atoms with Crippen LogP contribution in [0.4, 0.5) is 0 Å². The fourth-order valence-corrected chi connectivity index (χ4v) is 8.16. The molecule has 0 aromatic carbocycles. The van der Waals surface area contributed by atoms with Crippen LogP contribution in [-0.4, -0.2) is 37.2 Å². The number of allylic oxidation sites excluding steroid dienone is 8. The van der Waals surface area contributed by atoms with Crippen molar-refractivity contribution in [1.82, 2.24) is 0 Å². The fraction of sp³-hybridized carbons (Fsp3) is 0.814. The molecule has 0 radical (unpaired) electrons. The quantitative estimate of drug-likeness (QED) is 0.0262. The molecule has 0 spiro atoms. The van der Waals surface area contributed by atoms with Gasteiger partial charge in [-0.05, 0) is 44.9 Å². The van der Waals surface area contributed by atoms with E-state index in [1.165, 1.54) is 180 Å². The molecular formula is C59H106O6. The zero-order chi connectivity index (χ0) is 47.2. The lowest BCUT2D eigenvalue weighted by Gasteiger charge is -2.18. The van der Waals surface area contributed by atoms with Crippen molar-refractivity contribution in [3.05, 3.63) is 48.6 Å². The molecule has 0 N–H and O–H groups in total. The van der Waals surface area contributed by atoms with E-state index in [9.17, 15) is 14.4 Å². The highest BCUT2D eigenvalue weighted by molar-refractivity contribution is 5.71. The van der Waals surface area contributed by atoms with Crippen molar-refractivity contribution in [2.75, 3.05) is 13.2 Å². The second-order valence-electron chi connectivity index (χ2n) is 18.8. The Morgan fingerprint density at radius 1 is 0.323 bits per heavy atom. The van der Waals surface area contributed by atoms with E-state index in [2.05, 4.69) is 57.2 Å². The summed E-state index contributed by atoms with van der Waals surface area (Å²) in [5.41, 5.74) is 0. The predicted molar refractivity (Wildman–Crippen MR) is 279 cm³/mol. The first-order valence-electron chi connectivity index (χ1n) is 28.1. The molecule has 0 heterocycles. The first-order chi connectivity index (χ1) is 32.0. The summed E-state index contributed by atoms with van der Waals surface area (Å²) in [5, 5.41) is 0. The van der Waals surface area contributed by atoms with Gasteiger partial charge in [-0.1, -0.05) is 275 Å². The third kappa shape index (κ3) is 52.2. The second kappa shape index (κ2) is 54.0. The van der Waals surface area contributed by atoms with E-state index in [-0.39, 0.29) is 37.5 Å². The summed E-state index contributed by atoms with van der Waals surface area (Å²) in [6.07, 6.45) is 66.1. The number of carbonyl (C=O) groups is 3. The molecular weight excluding hydrogens is 805 g/mol. The van der Waals surface area contributed by atoms with Crippen LogP contribution in [0.1, 0.15) is 290 Å². The largest absolute Gasteiger partial charge is 0.462 e. The number of rotatable bonds is 51. The van der Waals surface area contributed by atoms with E-state index >= 15 is 0 Å². The third-order valence-corrected chi connectivity index (χ3v) is 12.4. The molecule has 0 saturated carbocycles. The third-order valence-electron chi connectivity index (χ3n) is 12.4. The Morgan fingerprint density at radius 2 is 0.600 bits per heavy atom. The van der Waals surface area contributed by atoms with Gasteiger partial charge >= 0.3 is 17.9 Å². The lowest BCUT2D eigenvalue weighted by molar-refractivity contribution is -0.166. The first-order valence-corrected chi connectivity index (χ1v) is 28.1. The summed E-state index contributed by atoms with van der Waals surface area (Å²) in [7, 11) is 0. The Bertz CT molecular complexity index is 1140. The molecule has 6 heteroatoms. The molecule has 0 aliphatic heterocycles. The molecule has 1 atom stereocenters. The van der Waals surface area contributed by atoms with Crippen molar-refractivity contribution in [3.63, 3.8) is 0 Å². The molecule has 0 bridgehead atoms. The van der Waals surface area contributed by atoms with Crippen molar-refractivity contribution in [1.29, 1.82) is 0 Å². The van der Waals surface area contributed by atoms with E-state index in [1.54, 1.807) is 0 Å². The number of ether oxygens (including phenoxy) is 3. The lowest BCUT2D eigenvalue weighted by atomic mass is 10.0. The maximum atomic E-state index is 12.7. The number of hydrogen-bond donors (Lipinski definition) is 0. The summed E-state index contributed by atoms with van der Waals surface area (Å²) in [5.74, 6) is -0.983. The maximum absolute atomic E-state index is 12.7. The van der Waals surface area contributed by atoms with E-state index in [0.717, 1.165) is 64.2 Å². The van der Waals surface area contributed by atoms with Gasteiger partial charge in [-0.2, -0.15) is 0 Å². The summed E-state index contributed by atoms with van der Waals surface area (Å²) in [4.78, 5) is 37.7. The number of carbonyl (C=O) groups excluding carboxylic acids is 3. The summed E-state index contributed by atoms with van der Waals surface area (Å²) in [6, 6.07) is 0. The standard InChI is InChI=1S/C59H106O6/c1-4-7-10-13-16-18-20-22-23-24-25-26-27-28-29-30-31-32-33-34-35-36-38-39-41-43-46-49-52-58(61)64-55-56(54-63-57(60)51-48-45-15-12-9-6-3)65-59(62)53-50-47-44-42-40-37-21-19-17-14-11-8-5-2/h8,11,17,19,37,40,44,47,56H,4-7,9-10,12-16,18,20-36,38-39,41-43,45-46,48-55H2,1-3H3/b11-8-,19-17-,40-37-,47-44-. The van der Waals surface area contributed by atoms with Gasteiger partial charge < -0.3 is 14.2 Å². The van der Waals surface area contributed by atoms with E-state index in [1.807, 2.05) is 12.2 Å². The van der Waals surface area contributed by atoms with Gasteiger partial charge in [-0.25, -0.2) is 0 Å². The monoisotopic (exact) mass is 911 g/mol. The summed E-state index contributed by atoms with van der Waals surface area (Å²) >= 11 is 0. The Morgan fingerprint density at radius 3 is 0.908 bits per heavy atom. The molecule has 0 amide bonds. The van der Waals surface area contributed by atoms with Crippen molar-refractivity contribution < 1.29 is 28.6 Å². The van der Waals surface area contributed by atoms with E-state index < -0.39 is 6.10 Å². The van der Waals surface area contributed by atoms with Crippen LogP contribution in [0.25, 0.3) is 0 Å². The van der Waals surface area contributed by atoms with Crippen molar-refractivity contribution >= 4 is 17.9 Å². The van der Waals surface area contributed by atoms with Crippen LogP contribution in [-0.2, 0) is 28.6 Å². The molecule has 0 aromatic heterocycles. The summed E-state index contributed by atoms with van der Waals surface area (Å²) in [6.45, 7) is 6.42. The molecule has 1 unspecified atom stereocenters. The zero-order valence-corrected chi connectivity index (χ0v) is 43.3. The van der Waals surface area contributed by atoms with Crippen molar-refractivity contribution in [3.8, 4) is 0 Å². The summed E-state index contributed by atoms with van der Waals surface area (Å²) < 4.78 is 16.6. The Hall–Kier alpha value is -2.63. The molecule has 0 aliphatic carbocycles. The average molecular weight is 911 g/mol. The molecule has 0 aromatic rings. The number of esters is 3. The predicted octanol–water partition coefficient (Wildman–Crippen LogP) is 18.7. The minimum absolute atomic E-state index is 0.0988. The van der Waals surface area contributed by atoms with Crippen LogP contribution < -0.4 is 0 Å². The minimum atomic E-state index is -0.805. The first kappa shape index (κ1) is 62.4. The highest BCUT2D eigenvalue weighted by atomic mass is 16.6. The molecule has 0 fully saturated rings. The van der Waals surface area contributed by atoms with Gasteiger partial charge in [0.2, 0.25) is 0 Å². The van der Waals surface area contributed by atoms with Crippen LogP contribution in [0.3, 0.4) is 0 Å². The molecule has 65 heavy (non-hydrogen) atoms. The number of unbranched alkanes of at least 4 members (excludes halogenated alkanes) is 32. The molecule has 6 nitrogen and oxygen atoms in total. The van der Waals surface area contributed by atoms with Crippen LogP contribution >= 0.6 is 0 Å². The second-order valence-corrected chi connectivity index (χ2v) is 18.8. The smallest absolute Gasteiger partial charge is 0.306 e. The van der Waals surface area contributed by atoms with Gasteiger partial charge in [0.25, 0.3) is 0 Å². The van der Waals surface area contributed by atoms with Crippen molar-refractivity contribution in [2.45, 2.75) is 297 Å². The Kier molecular flexibility index (Phi) is 51.8. The highest BCUT2D eigenvalue weighted by Crippen LogP contribution is 2.17. The SMILES string of the molecule is CC/C=C\C/C=C\C/C=C\C/C=C\CCC(=O)OC(COC(=O)CCCCCCCC)COC(=O)CCCCCCCCCCCCCCCCCCCCCCCCCCCCCC.